The van der Waals surface area contributed by atoms with Crippen LogP contribution in [0.5, 0.6) is 0 Å². The van der Waals surface area contributed by atoms with Gasteiger partial charge in [0.05, 0.1) is 10.4 Å². The van der Waals surface area contributed by atoms with Crippen LogP contribution in [-0.4, -0.2) is 16.2 Å². The molecule has 21 heavy (non-hydrogen) atoms. The van der Waals surface area contributed by atoms with Gasteiger partial charge in [-0.15, -0.1) is 0 Å². The molecule has 0 bridgehead atoms. The molecule has 1 aromatic carbocycles. The summed E-state index contributed by atoms with van der Waals surface area (Å²) in [6, 6.07) is 4.17. The van der Waals surface area contributed by atoms with Gasteiger partial charge >= 0.3 is 0 Å². The van der Waals surface area contributed by atoms with Gasteiger partial charge in [-0.1, -0.05) is 26.0 Å². The van der Waals surface area contributed by atoms with Crippen molar-refractivity contribution in [3.05, 3.63) is 34.4 Å². The van der Waals surface area contributed by atoms with E-state index in [9.17, 15) is 4.79 Å². The lowest BCUT2D eigenvalue weighted by Gasteiger charge is -2.33. The van der Waals surface area contributed by atoms with Gasteiger partial charge < -0.3 is 0 Å². The highest BCUT2D eigenvalue weighted by molar-refractivity contribution is 7.71. The molecule has 2 nitrogen and oxygen atoms in total. The first-order valence-electron chi connectivity index (χ1n) is 7.43. The van der Waals surface area contributed by atoms with Crippen LogP contribution in [-0.2, 0) is 17.6 Å². The average Bonchev–Trinajstić information content (AvgIpc) is 2.31. The van der Waals surface area contributed by atoms with Gasteiger partial charge in [0.2, 0.25) is 5.78 Å². The number of Topliss-reactive ketones (excluding diaryl/α,β-unsaturated/α-hetero) is 1. The van der Waals surface area contributed by atoms with Crippen molar-refractivity contribution < 1.29 is 4.79 Å². The Bertz CT molecular complexity index is 671. The number of ketones is 1. The Balaban J connectivity index is 2.70. The number of fused-ring (bicyclic) bond motifs is 1. The van der Waals surface area contributed by atoms with Gasteiger partial charge in [-0.05, 0) is 68.9 Å². The van der Waals surface area contributed by atoms with E-state index < -0.39 is 0 Å². The van der Waals surface area contributed by atoms with Gasteiger partial charge in [0.25, 0.3) is 0 Å². The Morgan fingerprint density at radius 3 is 2.29 bits per heavy atom. The standard InChI is InChI=1S/C18H25NOS/c1-11-8-9-12(2)14-13(11)10-18(6,7)16(15(14)20)21-19-17(3,4)5/h8-9H,10H2,1-7H3. The topological polar surface area (TPSA) is 29.4 Å². The molecule has 1 aliphatic rings. The Hall–Kier alpha value is -1.22. The predicted molar refractivity (Wildman–Crippen MR) is 92.3 cm³/mol. The number of hydrogen-bond donors (Lipinski definition) is 0. The molecule has 0 aromatic heterocycles. The molecule has 1 aromatic rings. The maximum absolute atomic E-state index is 13.0. The van der Waals surface area contributed by atoms with Crippen molar-refractivity contribution in [3.8, 4) is 0 Å². The summed E-state index contributed by atoms with van der Waals surface area (Å²) in [5.74, 6) is 0.167. The van der Waals surface area contributed by atoms with Crippen molar-refractivity contribution in [1.29, 1.82) is 0 Å². The van der Waals surface area contributed by atoms with Crippen LogP contribution in [0.1, 0.15) is 61.7 Å². The number of carbonyl (C=O) groups excluding carboxylic acids is 1. The first kappa shape index (κ1) is 16.2. The number of aryl methyl sites for hydroxylation is 2. The van der Waals surface area contributed by atoms with E-state index in [1.54, 1.807) is 0 Å². The molecule has 0 fully saturated rings. The molecule has 0 atom stereocenters. The minimum atomic E-state index is -0.151. The van der Waals surface area contributed by atoms with Gasteiger partial charge in [-0.2, -0.15) is 0 Å². The van der Waals surface area contributed by atoms with E-state index in [4.69, 9.17) is 0 Å². The molecule has 3 heteroatoms. The largest absolute Gasteiger partial charge is 0.288 e. The van der Waals surface area contributed by atoms with Crippen LogP contribution >= 0.6 is 0 Å². The molecule has 1 aliphatic carbocycles. The van der Waals surface area contributed by atoms with Crippen LogP contribution < -0.4 is 0 Å². The monoisotopic (exact) mass is 303 g/mol. The maximum atomic E-state index is 13.0. The molecule has 0 aliphatic heterocycles. The third-order valence-electron chi connectivity index (χ3n) is 3.83. The van der Waals surface area contributed by atoms with E-state index in [1.807, 2.05) is 13.0 Å². The molecular weight excluding hydrogens is 278 g/mol. The number of rotatable bonds is 0. The Morgan fingerprint density at radius 2 is 1.71 bits per heavy atom. The average molecular weight is 303 g/mol. The lowest BCUT2D eigenvalue weighted by atomic mass is 9.71. The lowest BCUT2D eigenvalue weighted by molar-refractivity contribution is 0.105. The molecule has 0 unspecified atom stereocenters. The Labute approximate surface area is 131 Å². The summed E-state index contributed by atoms with van der Waals surface area (Å²) < 4.78 is 4.61. The highest BCUT2D eigenvalue weighted by atomic mass is 32.1. The van der Waals surface area contributed by atoms with Crippen LogP contribution in [0.2, 0.25) is 0 Å². The molecule has 0 saturated carbocycles. The summed E-state index contributed by atoms with van der Waals surface area (Å²) >= 11 is 1.39. The van der Waals surface area contributed by atoms with Crippen LogP contribution in [0.4, 0.5) is 0 Å². The van der Waals surface area contributed by atoms with E-state index in [0.29, 0.717) is 0 Å². The first-order chi connectivity index (χ1) is 9.53. The highest BCUT2D eigenvalue weighted by Crippen LogP contribution is 2.35. The lowest BCUT2D eigenvalue weighted by Crippen LogP contribution is -2.39. The van der Waals surface area contributed by atoms with Crippen molar-refractivity contribution in [3.63, 3.8) is 0 Å². The van der Waals surface area contributed by atoms with Gasteiger partial charge in [-0.25, -0.2) is 4.36 Å². The fraction of sp³-hybridized carbons (Fsp3) is 0.556. The van der Waals surface area contributed by atoms with E-state index >= 15 is 0 Å². The molecule has 0 amide bonds. The predicted octanol–water partition coefficient (Wildman–Crippen LogP) is 4.31. The third-order valence-corrected chi connectivity index (χ3v) is 5.39. The zero-order valence-electron chi connectivity index (χ0n) is 14.1. The molecule has 0 radical (unpaired) electrons. The van der Waals surface area contributed by atoms with Crippen LogP contribution in [0.15, 0.2) is 16.5 Å². The molecule has 114 valence electrons. The molecule has 0 spiro atoms. The fourth-order valence-electron chi connectivity index (χ4n) is 2.70. The SMILES string of the molecule is Cc1ccc(C)c2c1CC(C)(C)C(=S=NC(C)(C)C)C2=O. The summed E-state index contributed by atoms with van der Waals surface area (Å²) in [5, 5.41) is 0. The number of carbonyl (C=O) groups is 1. The van der Waals surface area contributed by atoms with Gasteiger partial charge in [0, 0.05) is 11.0 Å². The van der Waals surface area contributed by atoms with Crippen molar-refractivity contribution >= 4 is 21.8 Å². The Morgan fingerprint density at radius 1 is 1.14 bits per heavy atom. The first-order valence-corrected chi connectivity index (χ1v) is 8.21. The van der Waals surface area contributed by atoms with Crippen LogP contribution in [0, 0.1) is 19.3 Å². The summed E-state index contributed by atoms with van der Waals surface area (Å²) in [6.45, 7) is 14.6. The molecule has 2 rings (SSSR count). The van der Waals surface area contributed by atoms with Gasteiger partial charge in [-0.3, -0.25) is 4.79 Å². The highest BCUT2D eigenvalue weighted by Gasteiger charge is 2.38. The van der Waals surface area contributed by atoms with Crippen molar-refractivity contribution in [2.24, 2.45) is 9.78 Å². The molecule has 0 heterocycles. The number of hydrogen-bond acceptors (Lipinski definition) is 2. The fourth-order valence-corrected chi connectivity index (χ4v) is 3.57. The van der Waals surface area contributed by atoms with Crippen LogP contribution in [0.25, 0.3) is 0 Å². The number of nitrogens with zero attached hydrogens (tertiary/aromatic N) is 1. The normalized spacial score (nSPS) is 17.5. The smallest absolute Gasteiger partial charge is 0.201 e. The van der Waals surface area contributed by atoms with E-state index in [2.05, 4.69) is 52.0 Å². The van der Waals surface area contributed by atoms with E-state index in [0.717, 1.165) is 22.4 Å². The maximum Gasteiger partial charge on any atom is 0.201 e. The quantitative estimate of drug-likeness (QED) is 0.657. The van der Waals surface area contributed by atoms with Crippen molar-refractivity contribution in [2.75, 3.05) is 0 Å². The zero-order valence-corrected chi connectivity index (χ0v) is 14.9. The van der Waals surface area contributed by atoms with Gasteiger partial charge in [0.15, 0.2) is 0 Å². The van der Waals surface area contributed by atoms with E-state index in [-0.39, 0.29) is 16.7 Å². The minimum Gasteiger partial charge on any atom is -0.288 e. The van der Waals surface area contributed by atoms with Crippen molar-refractivity contribution in [1.82, 2.24) is 0 Å². The summed E-state index contributed by atoms with van der Waals surface area (Å²) in [6.07, 6.45) is 0.906. The van der Waals surface area contributed by atoms with Gasteiger partial charge in [0.1, 0.15) is 0 Å². The molecule has 0 saturated heterocycles. The number of benzene rings is 1. The summed E-state index contributed by atoms with van der Waals surface area (Å²) in [7, 11) is 0. The minimum absolute atomic E-state index is 0.143. The summed E-state index contributed by atoms with van der Waals surface area (Å²) in [5.41, 5.74) is 4.11. The zero-order chi connectivity index (χ0) is 16.0. The summed E-state index contributed by atoms with van der Waals surface area (Å²) in [4.78, 5) is 13.9. The second-order valence-electron chi connectivity index (χ2n) is 7.63. The molecule has 0 N–H and O–H groups in total. The Kier molecular flexibility index (Phi) is 4.00. The van der Waals surface area contributed by atoms with Crippen molar-refractivity contribution in [2.45, 2.75) is 60.4 Å². The third kappa shape index (κ3) is 3.18. The second-order valence-corrected chi connectivity index (χ2v) is 8.40. The van der Waals surface area contributed by atoms with Crippen LogP contribution in [0.3, 0.4) is 0 Å². The van der Waals surface area contributed by atoms with E-state index in [1.165, 1.54) is 22.3 Å². The molecular formula is C18H25NOS. The second kappa shape index (κ2) is 5.20.